The summed E-state index contributed by atoms with van der Waals surface area (Å²) in [5, 5.41) is 4.91. The Bertz CT molecular complexity index is 519. The van der Waals surface area contributed by atoms with Crippen molar-refractivity contribution >= 4 is 27.0 Å². The van der Waals surface area contributed by atoms with E-state index in [2.05, 4.69) is 5.32 Å². The van der Waals surface area contributed by atoms with Gasteiger partial charge >= 0.3 is 0 Å². The molecule has 1 aliphatic heterocycles. The van der Waals surface area contributed by atoms with Gasteiger partial charge in [0.1, 0.15) is 0 Å². The summed E-state index contributed by atoms with van der Waals surface area (Å²) in [5.41, 5.74) is 0.692. The van der Waals surface area contributed by atoms with Crippen molar-refractivity contribution in [2.45, 2.75) is 19.4 Å². The summed E-state index contributed by atoms with van der Waals surface area (Å²) in [4.78, 5) is 13.0. The molecule has 1 aliphatic rings. The van der Waals surface area contributed by atoms with E-state index in [9.17, 15) is 13.2 Å². The van der Waals surface area contributed by atoms with Crippen molar-refractivity contribution in [2.75, 3.05) is 18.1 Å². The highest BCUT2D eigenvalue weighted by Crippen LogP contribution is 2.16. The Hall–Kier alpha value is -0.720. The fourth-order valence-corrected chi connectivity index (χ4v) is 4.08. The van der Waals surface area contributed by atoms with E-state index in [0.717, 1.165) is 4.88 Å². The van der Waals surface area contributed by atoms with Gasteiger partial charge in [0.05, 0.1) is 11.5 Å². The standard InChI is InChI=1S/C11H15NO3S2/c1-8-4-9(6-16-8)11(13)5-10-7-17(14,15)3-2-12-10/h4,6,10,12H,2-3,5,7H2,1H3. The van der Waals surface area contributed by atoms with E-state index in [0.29, 0.717) is 12.1 Å². The minimum Gasteiger partial charge on any atom is -0.312 e. The molecular weight excluding hydrogens is 258 g/mol. The van der Waals surface area contributed by atoms with Crippen LogP contribution in [0.4, 0.5) is 0 Å². The number of aryl methyl sites for hydroxylation is 1. The molecule has 1 unspecified atom stereocenters. The summed E-state index contributed by atoms with van der Waals surface area (Å²) in [5.74, 6) is 0.265. The summed E-state index contributed by atoms with van der Waals surface area (Å²) in [6.45, 7) is 2.40. The van der Waals surface area contributed by atoms with E-state index in [4.69, 9.17) is 0 Å². The van der Waals surface area contributed by atoms with Crippen LogP contribution in [0.1, 0.15) is 21.7 Å². The molecule has 1 atom stereocenters. The minimum absolute atomic E-state index is 0.0175. The molecule has 1 aromatic heterocycles. The number of thiophene rings is 1. The maximum absolute atomic E-state index is 11.9. The zero-order valence-electron chi connectivity index (χ0n) is 9.60. The molecule has 1 aromatic rings. The molecule has 0 spiro atoms. The first-order chi connectivity index (χ1) is 7.96. The number of Topliss-reactive ketones (excluding diaryl/α,β-unsaturated/α-hetero) is 1. The number of nitrogens with one attached hydrogen (secondary N) is 1. The molecule has 1 saturated heterocycles. The number of carbonyl (C=O) groups excluding carboxylic acids is 1. The van der Waals surface area contributed by atoms with Crippen molar-refractivity contribution in [3.05, 3.63) is 21.9 Å². The second kappa shape index (κ2) is 4.88. The van der Waals surface area contributed by atoms with E-state index in [1.54, 1.807) is 0 Å². The van der Waals surface area contributed by atoms with Gasteiger partial charge in [-0.25, -0.2) is 8.42 Å². The van der Waals surface area contributed by atoms with Gasteiger partial charge < -0.3 is 5.32 Å². The van der Waals surface area contributed by atoms with Crippen LogP contribution in [0.2, 0.25) is 0 Å². The average Bonchev–Trinajstić information content (AvgIpc) is 2.63. The summed E-state index contributed by atoms with van der Waals surface area (Å²) in [7, 11) is -2.97. The van der Waals surface area contributed by atoms with Crippen molar-refractivity contribution in [3.63, 3.8) is 0 Å². The molecule has 0 aliphatic carbocycles. The molecule has 4 nitrogen and oxygen atoms in total. The number of ketones is 1. The summed E-state index contributed by atoms with van der Waals surface area (Å²) >= 11 is 1.54. The highest BCUT2D eigenvalue weighted by atomic mass is 32.2. The van der Waals surface area contributed by atoms with E-state index < -0.39 is 9.84 Å². The number of hydrogen-bond acceptors (Lipinski definition) is 5. The van der Waals surface area contributed by atoms with E-state index in [1.807, 2.05) is 18.4 Å². The SMILES string of the molecule is Cc1cc(C(=O)CC2CS(=O)(=O)CCN2)cs1. The molecule has 0 bridgehead atoms. The third-order valence-electron chi connectivity index (χ3n) is 2.79. The third-order valence-corrected chi connectivity index (χ3v) is 5.38. The summed E-state index contributed by atoms with van der Waals surface area (Å²) in [6.07, 6.45) is 0.259. The van der Waals surface area contributed by atoms with Crippen molar-refractivity contribution < 1.29 is 13.2 Å². The molecule has 1 fully saturated rings. The lowest BCUT2D eigenvalue weighted by molar-refractivity contribution is 0.0972. The zero-order chi connectivity index (χ0) is 12.5. The first-order valence-electron chi connectivity index (χ1n) is 5.48. The van der Waals surface area contributed by atoms with Crippen molar-refractivity contribution in [3.8, 4) is 0 Å². The van der Waals surface area contributed by atoms with Crippen LogP contribution in [0.5, 0.6) is 0 Å². The fraction of sp³-hybridized carbons (Fsp3) is 0.545. The first-order valence-corrected chi connectivity index (χ1v) is 8.18. The van der Waals surface area contributed by atoms with E-state index >= 15 is 0 Å². The van der Waals surface area contributed by atoms with Crippen LogP contribution < -0.4 is 5.32 Å². The monoisotopic (exact) mass is 273 g/mol. The second-order valence-electron chi connectivity index (χ2n) is 4.34. The topological polar surface area (TPSA) is 63.2 Å². The summed E-state index contributed by atoms with van der Waals surface area (Å²) in [6, 6.07) is 1.62. The van der Waals surface area contributed by atoms with Gasteiger partial charge in [0.25, 0.3) is 0 Å². The maximum atomic E-state index is 11.9. The van der Waals surface area contributed by atoms with Gasteiger partial charge in [-0.2, -0.15) is 0 Å². The molecule has 6 heteroatoms. The summed E-state index contributed by atoms with van der Waals surface area (Å²) < 4.78 is 22.9. The quantitative estimate of drug-likeness (QED) is 0.835. The molecule has 2 rings (SSSR count). The smallest absolute Gasteiger partial charge is 0.165 e. The van der Waals surface area contributed by atoms with Crippen LogP contribution in [0.15, 0.2) is 11.4 Å². The van der Waals surface area contributed by atoms with Crippen LogP contribution in [0.25, 0.3) is 0 Å². The van der Waals surface area contributed by atoms with Gasteiger partial charge in [0.15, 0.2) is 15.6 Å². The number of hydrogen-bond donors (Lipinski definition) is 1. The van der Waals surface area contributed by atoms with E-state index in [1.165, 1.54) is 11.3 Å². The molecule has 0 radical (unpaired) electrons. The highest BCUT2D eigenvalue weighted by molar-refractivity contribution is 7.91. The van der Waals surface area contributed by atoms with Crippen molar-refractivity contribution in [2.24, 2.45) is 0 Å². The minimum atomic E-state index is -2.97. The van der Waals surface area contributed by atoms with Gasteiger partial charge in [0, 0.05) is 34.8 Å². The molecule has 0 aromatic carbocycles. The van der Waals surface area contributed by atoms with Gasteiger partial charge in [-0.15, -0.1) is 11.3 Å². The van der Waals surface area contributed by atoms with Gasteiger partial charge in [-0.1, -0.05) is 0 Å². The normalized spacial score (nSPS) is 23.5. The van der Waals surface area contributed by atoms with Crippen LogP contribution in [0, 0.1) is 6.92 Å². The largest absolute Gasteiger partial charge is 0.312 e. The highest BCUT2D eigenvalue weighted by Gasteiger charge is 2.26. The Morgan fingerprint density at radius 2 is 2.35 bits per heavy atom. The zero-order valence-corrected chi connectivity index (χ0v) is 11.2. The van der Waals surface area contributed by atoms with Crippen LogP contribution in [-0.4, -0.2) is 38.3 Å². The molecule has 1 N–H and O–H groups in total. The molecule has 17 heavy (non-hydrogen) atoms. The molecule has 0 saturated carbocycles. The van der Waals surface area contributed by atoms with Gasteiger partial charge in [-0.3, -0.25) is 4.79 Å². The lowest BCUT2D eigenvalue weighted by Gasteiger charge is -2.22. The van der Waals surface area contributed by atoms with E-state index in [-0.39, 0.29) is 29.8 Å². The Kier molecular flexibility index (Phi) is 3.65. The Morgan fingerprint density at radius 1 is 1.59 bits per heavy atom. The maximum Gasteiger partial charge on any atom is 0.165 e. The Morgan fingerprint density at radius 3 is 2.94 bits per heavy atom. The predicted molar refractivity (Wildman–Crippen MR) is 68.4 cm³/mol. The van der Waals surface area contributed by atoms with Crippen LogP contribution >= 0.6 is 11.3 Å². The van der Waals surface area contributed by atoms with Crippen molar-refractivity contribution in [1.29, 1.82) is 0 Å². The Balaban J connectivity index is 1.99. The number of carbonyl (C=O) groups is 1. The molecule has 2 heterocycles. The molecule has 94 valence electrons. The lowest BCUT2D eigenvalue weighted by Crippen LogP contribution is -2.45. The molecular formula is C11H15NO3S2. The number of rotatable bonds is 3. The average molecular weight is 273 g/mol. The van der Waals surface area contributed by atoms with Gasteiger partial charge in [0.2, 0.25) is 0 Å². The van der Waals surface area contributed by atoms with Crippen molar-refractivity contribution in [1.82, 2.24) is 5.32 Å². The van der Waals surface area contributed by atoms with Gasteiger partial charge in [-0.05, 0) is 13.0 Å². The van der Waals surface area contributed by atoms with Crippen LogP contribution in [-0.2, 0) is 9.84 Å². The lowest BCUT2D eigenvalue weighted by atomic mass is 10.1. The third kappa shape index (κ3) is 3.37. The van der Waals surface area contributed by atoms with Crippen LogP contribution in [0.3, 0.4) is 0 Å². The number of sulfone groups is 1. The fourth-order valence-electron chi connectivity index (χ4n) is 1.93. The Labute approximate surface area is 105 Å². The first kappa shape index (κ1) is 12.7. The molecule has 0 amide bonds. The predicted octanol–water partition coefficient (Wildman–Crippen LogP) is 1.02. The second-order valence-corrected chi connectivity index (χ2v) is 7.68.